The number of nitrogens with one attached hydrogen (secondary N) is 2. The second kappa shape index (κ2) is 9.69. The van der Waals surface area contributed by atoms with Crippen molar-refractivity contribution in [3.05, 3.63) is 54.1 Å². The van der Waals surface area contributed by atoms with Gasteiger partial charge in [0.25, 0.3) is 5.91 Å². The third-order valence-electron chi connectivity index (χ3n) is 4.40. The predicted octanol–water partition coefficient (Wildman–Crippen LogP) is 2.68. The molecule has 0 radical (unpaired) electrons. The molecule has 0 unspecified atom stereocenters. The molecule has 156 valence electrons. The van der Waals surface area contributed by atoms with Gasteiger partial charge in [-0.1, -0.05) is 42.4 Å². The zero-order valence-electron chi connectivity index (χ0n) is 16.8. The van der Waals surface area contributed by atoms with Crippen LogP contribution in [-0.2, 0) is 14.3 Å². The molecule has 0 saturated carbocycles. The number of hydrogen-bond donors (Lipinski definition) is 2. The summed E-state index contributed by atoms with van der Waals surface area (Å²) in [6.07, 6.45) is 0.798. The first-order valence-corrected chi connectivity index (χ1v) is 9.68. The van der Waals surface area contributed by atoms with E-state index in [-0.39, 0.29) is 11.5 Å². The summed E-state index contributed by atoms with van der Waals surface area (Å²) in [5.41, 5.74) is 1.71. The highest BCUT2D eigenvalue weighted by atomic mass is 16.5. The minimum Gasteiger partial charge on any atom is -0.452 e. The lowest BCUT2D eigenvalue weighted by molar-refractivity contribution is -0.130. The van der Waals surface area contributed by atoms with E-state index < -0.39 is 24.5 Å². The van der Waals surface area contributed by atoms with Crippen molar-refractivity contribution in [1.82, 2.24) is 15.8 Å². The lowest BCUT2D eigenvalue weighted by atomic mass is 10.1. The Labute approximate surface area is 173 Å². The first-order valence-electron chi connectivity index (χ1n) is 9.68. The van der Waals surface area contributed by atoms with Gasteiger partial charge in [-0.3, -0.25) is 9.59 Å². The number of rotatable bonds is 8. The summed E-state index contributed by atoms with van der Waals surface area (Å²) in [6, 6.07) is 13.5. The molecule has 30 heavy (non-hydrogen) atoms. The number of carbonyl (C=O) groups excluding carboxylic acids is 3. The van der Waals surface area contributed by atoms with Crippen LogP contribution in [0.3, 0.4) is 0 Å². The van der Waals surface area contributed by atoms with Gasteiger partial charge in [0, 0.05) is 12.1 Å². The fraction of sp³-hybridized carbons (Fsp3) is 0.273. The molecule has 0 saturated heterocycles. The number of fused-ring (bicyclic) bond motifs is 1. The molecule has 3 aromatic rings. The summed E-state index contributed by atoms with van der Waals surface area (Å²) in [5.74, 6) is -0.957. The molecule has 0 spiro atoms. The number of ether oxygens (including phenoxy) is 1. The molecule has 3 rings (SSSR count). The Hall–Kier alpha value is -3.68. The molecular weight excluding hydrogens is 386 g/mol. The molecule has 0 aliphatic rings. The van der Waals surface area contributed by atoms with Crippen LogP contribution in [0.1, 0.15) is 30.6 Å². The van der Waals surface area contributed by atoms with Crippen molar-refractivity contribution in [2.45, 2.75) is 26.3 Å². The molecule has 2 amide bonds. The summed E-state index contributed by atoms with van der Waals surface area (Å²) < 4.78 is 10.5. The zero-order valence-corrected chi connectivity index (χ0v) is 16.8. The number of amides is 2. The number of nitrogens with zero attached hydrogens (tertiary/aromatic N) is 1. The minimum atomic E-state index is -0.718. The molecule has 1 atom stereocenters. The summed E-state index contributed by atoms with van der Waals surface area (Å²) in [6.45, 7) is 3.54. The molecule has 1 aromatic heterocycles. The molecule has 2 N–H and O–H groups in total. The number of benzene rings is 2. The number of hydrogen-bond acceptors (Lipinski definition) is 6. The Kier molecular flexibility index (Phi) is 6.79. The average Bonchev–Trinajstić information content (AvgIpc) is 3.19. The Morgan fingerprint density at radius 2 is 1.90 bits per heavy atom. The highest BCUT2D eigenvalue weighted by molar-refractivity contribution is 5.99. The van der Waals surface area contributed by atoms with E-state index in [9.17, 15) is 14.4 Å². The third kappa shape index (κ3) is 5.02. The van der Waals surface area contributed by atoms with Gasteiger partial charge in [0.15, 0.2) is 12.4 Å². The van der Waals surface area contributed by atoms with E-state index in [0.717, 1.165) is 12.0 Å². The summed E-state index contributed by atoms with van der Waals surface area (Å²) in [4.78, 5) is 36.2. The van der Waals surface area contributed by atoms with Crippen LogP contribution in [0, 0.1) is 0 Å². The van der Waals surface area contributed by atoms with Gasteiger partial charge in [0.05, 0.1) is 10.9 Å². The number of esters is 1. The molecule has 0 bridgehead atoms. The molecule has 8 nitrogen and oxygen atoms in total. The Morgan fingerprint density at radius 1 is 1.13 bits per heavy atom. The Morgan fingerprint density at radius 3 is 2.63 bits per heavy atom. The van der Waals surface area contributed by atoms with E-state index in [1.54, 1.807) is 25.1 Å². The molecule has 8 heteroatoms. The minimum absolute atomic E-state index is 0.268. The van der Waals surface area contributed by atoms with E-state index in [2.05, 4.69) is 15.8 Å². The summed E-state index contributed by atoms with van der Waals surface area (Å²) in [7, 11) is 0. The van der Waals surface area contributed by atoms with Crippen LogP contribution in [0.5, 0.6) is 0 Å². The topological polar surface area (TPSA) is 111 Å². The van der Waals surface area contributed by atoms with E-state index in [0.29, 0.717) is 23.2 Å². The van der Waals surface area contributed by atoms with Crippen LogP contribution in [0.4, 0.5) is 0 Å². The molecular formula is C22H23N3O5. The molecule has 2 aromatic carbocycles. The van der Waals surface area contributed by atoms with Crippen LogP contribution in [-0.4, -0.2) is 42.1 Å². The highest BCUT2D eigenvalue weighted by Crippen LogP contribution is 2.29. The van der Waals surface area contributed by atoms with Gasteiger partial charge in [0.2, 0.25) is 5.91 Å². The largest absolute Gasteiger partial charge is 0.452 e. The van der Waals surface area contributed by atoms with Crippen LogP contribution in [0.25, 0.3) is 22.2 Å². The van der Waals surface area contributed by atoms with Crippen LogP contribution in [0.15, 0.2) is 53.1 Å². The van der Waals surface area contributed by atoms with Gasteiger partial charge in [-0.2, -0.15) is 0 Å². The van der Waals surface area contributed by atoms with E-state index in [4.69, 9.17) is 9.26 Å². The van der Waals surface area contributed by atoms with Crippen LogP contribution in [0.2, 0.25) is 0 Å². The molecule has 0 aliphatic carbocycles. The summed E-state index contributed by atoms with van der Waals surface area (Å²) >= 11 is 0. The number of aromatic nitrogens is 1. The van der Waals surface area contributed by atoms with Gasteiger partial charge in [-0.25, -0.2) is 4.79 Å². The SMILES string of the molecule is CCCNC(=O)[C@@H](C)NC(=O)COC(=O)c1ccc2noc(-c3ccccc3)c2c1. The average molecular weight is 409 g/mol. The van der Waals surface area contributed by atoms with E-state index in [1.807, 2.05) is 37.3 Å². The molecule has 1 heterocycles. The molecule has 0 aliphatic heterocycles. The highest BCUT2D eigenvalue weighted by Gasteiger charge is 2.18. The van der Waals surface area contributed by atoms with Crippen molar-refractivity contribution >= 4 is 28.7 Å². The Bertz CT molecular complexity index is 1050. The van der Waals surface area contributed by atoms with Crippen molar-refractivity contribution in [2.24, 2.45) is 0 Å². The maximum Gasteiger partial charge on any atom is 0.338 e. The van der Waals surface area contributed by atoms with Crippen molar-refractivity contribution < 1.29 is 23.6 Å². The van der Waals surface area contributed by atoms with Crippen LogP contribution >= 0.6 is 0 Å². The second-order valence-electron chi connectivity index (χ2n) is 6.77. The fourth-order valence-corrected chi connectivity index (χ4v) is 2.83. The zero-order chi connectivity index (χ0) is 21.5. The Balaban J connectivity index is 1.63. The van der Waals surface area contributed by atoms with Gasteiger partial charge < -0.3 is 19.9 Å². The first kappa shape index (κ1) is 21.0. The van der Waals surface area contributed by atoms with Crippen molar-refractivity contribution in [2.75, 3.05) is 13.2 Å². The summed E-state index contributed by atoms with van der Waals surface area (Å²) in [5, 5.41) is 9.86. The first-order chi connectivity index (χ1) is 14.5. The maximum absolute atomic E-state index is 12.4. The fourth-order valence-electron chi connectivity index (χ4n) is 2.83. The quantitative estimate of drug-likeness (QED) is 0.554. The second-order valence-corrected chi connectivity index (χ2v) is 6.77. The number of carbonyl (C=O) groups is 3. The third-order valence-corrected chi connectivity index (χ3v) is 4.40. The van der Waals surface area contributed by atoms with Crippen molar-refractivity contribution in [3.8, 4) is 11.3 Å². The van der Waals surface area contributed by atoms with Gasteiger partial charge in [0.1, 0.15) is 11.6 Å². The van der Waals surface area contributed by atoms with Gasteiger partial charge >= 0.3 is 5.97 Å². The standard InChI is InChI=1S/C22H23N3O5/c1-3-11-23-21(27)14(2)24-19(26)13-29-22(28)16-9-10-18-17(12-16)20(30-25-18)15-7-5-4-6-8-15/h4-10,12,14H,3,11,13H2,1-2H3,(H,23,27)(H,24,26)/t14-/m1/s1. The van der Waals surface area contributed by atoms with Crippen LogP contribution < -0.4 is 10.6 Å². The normalized spacial score (nSPS) is 11.7. The lowest BCUT2D eigenvalue weighted by Crippen LogP contribution is -2.46. The predicted molar refractivity (Wildman–Crippen MR) is 111 cm³/mol. The monoisotopic (exact) mass is 409 g/mol. The lowest BCUT2D eigenvalue weighted by Gasteiger charge is -2.13. The maximum atomic E-state index is 12.4. The smallest absolute Gasteiger partial charge is 0.338 e. The van der Waals surface area contributed by atoms with E-state index in [1.165, 1.54) is 0 Å². The van der Waals surface area contributed by atoms with Gasteiger partial charge in [-0.15, -0.1) is 0 Å². The van der Waals surface area contributed by atoms with E-state index >= 15 is 0 Å². The van der Waals surface area contributed by atoms with Crippen molar-refractivity contribution in [1.29, 1.82) is 0 Å². The van der Waals surface area contributed by atoms with Gasteiger partial charge in [-0.05, 0) is 31.5 Å². The molecule has 0 fully saturated rings. The van der Waals surface area contributed by atoms with Crippen molar-refractivity contribution in [3.63, 3.8) is 0 Å².